The van der Waals surface area contributed by atoms with Crippen LogP contribution in [0, 0.1) is 0 Å². The summed E-state index contributed by atoms with van der Waals surface area (Å²) in [7, 11) is -9.61. The van der Waals surface area contributed by atoms with Crippen LogP contribution in [0.2, 0.25) is 10.0 Å². The highest BCUT2D eigenvalue weighted by Crippen LogP contribution is 2.70. The molecule has 0 aliphatic rings. The molecule has 0 amide bonds. The van der Waals surface area contributed by atoms with E-state index in [-0.39, 0.29) is 20.5 Å². The number of halogens is 5. The van der Waals surface area contributed by atoms with Crippen molar-refractivity contribution < 1.29 is 30.0 Å². The quantitative estimate of drug-likeness (QED) is 0.114. The molecule has 0 atom stereocenters. The molecule has 0 aliphatic carbocycles. The van der Waals surface area contributed by atoms with E-state index in [4.69, 9.17) is 26.8 Å². The Morgan fingerprint density at radius 1 is 0.614 bits per heavy atom. The number of benzene rings is 5. The van der Waals surface area contributed by atoms with E-state index in [2.05, 4.69) is 0 Å². The van der Waals surface area contributed by atoms with Crippen LogP contribution in [0.4, 0.5) is 13.2 Å². The molecule has 5 aromatic rings. The van der Waals surface area contributed by atoms with E-state index >= 15 is 0 Å². The van der Waals surface area contributed by atoms with Crippen LogP contribution in [0.1, 0.15) is 15.9 Å². The van der Waals surface area contributed by atoms with Crippen molar-refractivity contribution in [1.82, 2.24) is 0 Å². The zero-order chi connectivity index (χ0) is 31.5. The van der Waals surface area contributed by atoms with E-state index in [9.17, 15) is 26.4 Å². The molecule has 0 saturated carbocycles. The lowest BCUT2D eigenvalue weighted by atomic mass is 10.0. The van der Waals surface area contributed by atoms with Crippen molar-refractivity contribution in [2.45, 2.75) is 30.0 Å². The van der Waals surface area contributed by atoms with Crippen LogP contribution in [0.15, 0.2) is 152 Å². The van der Waals surface area contributed by atoms with Crippen LogP contribution < -0.4 is 0 Å². The molecule has 12 heteroatoms. The lowest BCUT2D eigenvalue weighted by Gasteiger charge is -2.39. The van der Waals surface area contributed by atoms with Gasteiger partial charge in [-0.1, -0.05) is 77.4 Å². The lowest BCUT2D eigenvalue weighted by molar-refractivity contribution is -0.0496. The minimum absolute atomic E-state index is 0.134. The molecule has 0 bridgehead atoms. The van der Waals surface area contributed by atoms with Crippen LogP contribution in [0.25, 0.3) is 0 Å². The van der Waals surface area contributed by atoms with Gasteiger partial charge in [-0.3, -0.25) is 4.79 Å². The van der Waals surface area contributed by atoms with Crippen molar-refractivity contribution in [1.29, 1.82) is 0 Å². The molecule has 0 N–H and O–H groups in total. The minimum Gasteiger partial charge on any atom is -0.289 e. The first kappa shape index (κ1) is 32.2. The van der Waals surface area contributed by atoms with Crippen molar-refractivity contribution in [3.63, 3.8) is 0 Å². The monoisotopic (exact) mass is 692 g/mol. The second kappa shape index (κ2) is 13.0. The molecular weight excluding hydrogens is 672 g/mol. The van der Waals surface area contributed by atoms with Crippen molar-refractivity contribution in [3.8, 4) is 0 Å². The number of hydrogen-bond acceptors (Lipinski definition) is 5. The highest BCUT2D eigenvalue weighted by atomic mass is 35.5. The molecule has 44 heavy (non-hydrogen) atoms. The zero-order valence-corrected chi connectivity index (χ0v) is 26.3. The fourth-order valence-corrected chi connectivity index (χ4v) is 10.1. The summed E-state index contributed by atoms with van der Waals surface area (Å²) < 4.78 is 71.8. The molecule has 0 saturated heterocycles. The van der Waals surface area contributed by atoms with Crippen molar-refractivity contribution in [2.24, 2.45) is 0 Å². The maximum Gasteiger partial charge on any atom is 0.524 e. The van der Waals surface area contributed by atoms with Gasteiger partial charge in [0.25, 0.3) is 0 Å². The first-order valence-corrected chi connectivity index (χ1v) is 17.3. The Labute approximate surface area is 268 Å². The maximum absolute atomic E-state index is 13.8. The molecule has 0 aliphatic heterocycles. The fourth-order valence-electron chi connectivity index (χ4n) is 4.24. The molecule has 0 fully saturated rings. The summed E-state index contributed by atoms with van der Waals surface area (Å²) in [6.07, 6.45) is 0. The smallest absolute Gasteiger partial charge is 0.289 e. The van der Waals surface area contributed by atoms with Gasteiger partial charge in [-0.2, -0.15) is 25.2 Å². The van der Waals surface area contributed by atoms with Crippen LogP contribution in [-0.4, -0.2) is 19.7 Å². The van der Waals surface area contributed by atoms with Crippen LogP contribution in [0.5, 0.6) is 0 Å². The topological polar surface area (TPSA) is 60.4 Å². The highest BCUT2D eigenvalue weighted by molar-refractivity contribution is 8.33. The van der Waals surface area contributed by atoms with E-state index in [0.29, 0.717) is 26.1 Å². The number of alkyl halides is 3. The van der Waals surface area contributed by atoms with Gasteiger partial charge in [-0.15, -0.1) is 0 Å². The summed E-state index contributed by atoms with van der Waals surface area (Å²) in [5, 5.41) is 0.605. The SMILES string of the molecule is O=C(c1ccccc1)c1cccc(Sc2ccc(S(OS(=O)(=O)C(F)(F)F)(c3ccc(Cl)cc3)c3ccc(Cl)cc3)cc2)c1. The standard InChI is InChI=1S/C32H21Cl2F3O4S3/c33-24-9-15-28(16-10-24)43(29-17-11-25(34)12-18-29,41-44(39,40)32(35,36)37)30-19-13-26(14-20-30)42-27-8-4-7-23(21-27)31(38)22-5-2-1-3-6-22/h1-21H. The number of ketones is 1. The average molecular weight is 694 g/mol. The number of carbonyl (C=O) groups excluding carboxylic acids is 1. The van der Waals surface area contributed by atoms with Gasteiger partial charge < -0.3 is 0 Å². The molecule has 0 radical (unpaired) electrons. The van der Waals surface area contributed by atoms with E-state index < -0.39 is 25.9 Å². The first-order valence-electron chi connectivity index (χ1n) is 12.7. The van der Waals surface area contributed by atoms with E-state index in [1.807, 2.05) is 12.1 Å². The molecule has 5 aromatic carbocycles. The second-order valence-corrected chi connectivity index (χ2v) is 15.7. The Morgan fingerprint density at radius 3 is 1.59 bits per heavy atom. The molecule has 0 unspecified atom stereocenters. The van der Waals surface area contributed by atoms with Gasteiger partial charge in [0.15, 0.2) is 5.78 Å². The third-order valence-corrected chi connectivity index (χ3v) is 12.7. The Kier molecular flexibility index (Phi) is 9.50. The molecule has 4 nitrogen and oxygen atoms in total. The normalized spacial score (nSPS) is 12.6. The summed E-state index contributed by atoms with van der Waals surface area (Å²) in [5.74, 6) is -0.134. The van der Waals surface area contributed by atoms with Gasteiger partial charge >= 0.3 is 15.6 Å². The third kappa shape index (κ3) is 6.86. The molecular formula is C32H21Cl2F3O4S3. The van der Waals surface area contributed by atoms with E-state index in [0.717, 1.165) is 4.90 Å². The Bertz CT molecular complexity index is 1840. The van der Waals surface area contributed by atoms with Crippen molar-refractivity contribution in [3.05, 3.63) is 149 Å². The Hall–Kier alpha value is -3.25. The zero-order valence-electron chi connectivity index (χ0n) is 22.4. The first-order chi connectivity index (χ1) is 20.9. The van der Waals surface area contributed by atoms with E-state index in [1.54, 1.807) is 54.6 Å². The molecule has 0 spiro atoms. The second-order valence-electron chi connectivity index (χ2n) is 9.23. The van der Waals surface area contributed by atoms with Gasteiger partial charge in [-0.05, 0) is 95.2 Å². The number of hydrogen-bond donors (Lipinski definition) is 0. The lowest BCUT2D eigenvalue weighted by Crippen LogP contribution is -2.27. The van der Waals surface area contributed by atoms with Crippen LogP contribution in [-0.2, 0) is 13.7 Å². The maximum atomic E-state index is 13.8. The summed E-state index contributed by atoms with van der Waals surface area (Å²) in [5.41, 5.74) is -4.63. The molecule has 0 aromatic heterocycles. The minimum atomic E-state index is -6.08. The molecule has 0 heterocycles. The predicted molar refractivity (Wildman–Crippen MR) is 168 cm³/mol. The van der Waals surface area contributed by atoms with Gasteiger partial charge in [-0.25, -0.2) is 0 Å². The van der Waals surface area contributed by atoms with Crippen molar-refractivity contribution >= 4 is 61.2 Å². The molecule has 226 valence electrons. The third-order valence-electron chi connectivity index (χ3n) is 6.29. The highest BCUT2D eigenvalue weighted by Gasteiger charge is 2.52. The van der Waals surface area contributed by atoms with Crippen LogP contribution >= 0.6 is 45.3 Å². The summed E-state index contributed by atoms with van der Waals surface area (Å²) in [6, 6.07) is 33.9. The van der Waals surface area contributed by atoms with Gasteiger partial charge in [0, 0.05) is 45.6 Å². The van der Waals surface area contributed by atoms with Gasteiger partial charge in [0.1, 0.15) is 0 Å². The number of carbonyl (C=O) groups is 1. The molecule has 5 rings (SSSR count). The predicted octanol–water partition coefficient (Wildman–Crippen LogP) is 10.4. The number of rotatable bonds is 9. The van der Waals surface area contributed by atoms with Crippen LogP contribution in [0.3, 0.4) is 0 Å². The van der Waals surface area contributed by atoms with E-state index in [1.165, 1.54) is 72.4 Å². The summed E-state index contributed by atoms with van der Waals surface area (Å²) in [6.45, 7) is 0. The van der Waals surface area contributed by atoms with Gasteiger partial charge in [0.05, 0.1) is 0 Å². The van der Waals surface area contributed by atoms with Gasteiger partial charge in [0.2, 0.25) is 0 Å². The fraction of sp³-hybridized carbons (Fsp3) is 0.0312. The largest absolute Gasteiger partial charge is 0.524 e. The Balaban J connectivity index is 1.58. The van der Waals surface area contributed by atoms with Crippen molar-refractivity contribution in [2.75, 3.05) is 0 Å². The average Bonchev–Trinajstić information content (AvgIpc) is 3.01. The summed E-state index contributed by atoms with van der Waals surface area (Å²) >= 11 is 13.5. The summed E-state index contributed by atoms with van der Waals surface area (Å²) in [4.78, 5) is 14.9. The Morgan fingerprint density at radius 2 is 1.09 bits per heavy atom.